The zero-order valence-corrected chi connectivity index (χ0v) is 12.5. The maximum absolute atomic E-state index is 11.1. The van der Waals surface area contributed by atoms with Crippen molar-refractivity contribution in [2.75, 3.05) is 6.26 Å². The van der Waals surface area contributed by atoms with Gasteiger partial charge in [0.1, 0.15) is 5.82 Å². The summed E-state index contributed by atoms with van der Waals surface area (Å²) in [6.45, 7) is 4.50. The van der Waals surface area contributed by atoms with Gasteiger partial charge in [0.15, 0.2) is 0 Å². The predicted molar refractivity (Wildman–Crippen MR) is 76.5 cm³/mol. The van der Waals surface area contributed by atoms with Crippen molar-refractivity contribution in [3.63, 3.8) is 0 Å². The lowest BCUT2D eigenvalue weighted by molar-refractivity contribution is 0.587. The van der Waals surface area contributed by atoms with Crippen molar-refractivity contribution < 1.29 is 8.42 Å². The molecule has 2 aromatic rings. The van der Waals surface area contributed by atoms with Crippen LogP contribution in [0.4, 0.5) is 0 Å². The van der Waals surface area contributed by atoms with E-state index in [-0.39, 0.29) is 0 Å². The van der Waals surface area contributed by atoms with Crippen molar-refractivity contribution in [2.45, 2.75) is 26.3 Å². The van der Waals surface area contributed by atoms with Gasteiger partial charge >= 0.3 is 0 Å². The molecule has 1 aromatic heterocycles. The molecule has 2 rings (SSSR count). The third kappa shape index (κ3) is 3.13. The van der Waals surface area contributed by atoms with Crippen molar-refractivity contribution in [1.29, 1.82) is 0 Å². The molecule has 104 valence electrons. The number of aryl methyl sites for hydroxylation is 1. The van der Waals surface area contributed by atoms with E-state index in [4.69, 9.17) is 0 Å². The maximum Gasteiger partial charge on any atom is 0.209 e. The van der Waals surface area contributed by atoms with Crippen molar-refractivity contribution in [3.05, 3.63) is 29.6 Å². The summed E-state index contributed by atoms with van der Waals surface area (Å²) < 4.78 is 26.7. The number of sulfonamides is 1. The normalized spacial score (nSPS) is 12.5. The predicted octanol–water partition coefficient (Wildman–Crippen LogP) is 1.75. The summed E-state index contributed by atoms with van der Waals surface area (Å²) in [5, 5.41) is 0. The third-order valence-electron chi connectivity index (χ3n) is 3.03. The molecule has 0 unspecified atom stereocenters. The quantitative estimate of drug-likeness (QED) is 0.928. The number of benzene rings is 1. The molecule has 0 aliphatic heterocycles. The van der Waals surface area contributed by atoms with Gasteiger partial charge in [0, 0.05) is 19.5 Å². The van der Waals surface area contributed by atoms with E-state index in [2.05, 4.69) is 28.1 Å². The van der Waals surface area contributed by atoms with Gasteiger partial charge in [-0.2, -0.15) is 0 Å². The van der Waals surface area contributed by atoms with E-state index in [0.29, 0.717) is 12.5 Å². The summed E-state index contributed by atoms with van der Waals surface area (Å²) >= 11 is 0. The lowest BCUT2D eigenvalue weighted by Crippen LogP contribution is -2.21. The number of hydrogen-bond donors (Lipinski definition) is 1. The van der Waals surface area contributed by atoms with E-state index in [1.165, 1.54) is 0 Å². The van der Waals surface area contributed by atoms with Crippen LogP contribution >= 0.6 is 0 Å². The molecule has 0 saturated heterocycles. The largest absolute Gasteiger partial charge is 0.331 e. The second kappa shape index (κ2) is 4.94. The Hall–Kier alpha value is -1.40. The SMILES string of the molecule is CC(C)c1nc2cc(CNS(C)(=O)=O)ccc2n1C. The van der Waals surface area contributed by atoms with Gasteiger partial charge in [0.25, 0.3) is 0 Å². The van der Waals surface area contributed by atoms with Crippen LogP contribution in [0.1, 0.15) is 31.2 Å². The molecule has 0 atom stereocenters. The zero-order valence-electron chi connectivity index (χ0n) is 11.6. The summed E-state index contributed by atoms with van der Waals surface area (Å²) in [5.41, 5.74) is 2.87. The van der Waals surface area contributed by atoms with Crippen molar-refractivity contribution >= 4 is 21.1 Å². The first-order chi connectivity index (χ1) is 8.78. The number of rotatable bonds is 4. The molecule has 0 spiro atoms. The van der Waals surface area contributed by atoms with Crippen LogP contribution in [-0.4, -0.2) is 24.2 Å². The highest BCUT2D eigenvalue weighted by atomic mass is 32.2. The van der Waals surface area contributed by atoms with Crippen LogP contribution in [0.2, 0.25) is 0 Å². The Morgan fingerprint density at radius 2 is 2.05 bits per heavy atom. The summed E-state index contributed by atoms with van der Waals surface area (Å²) in [7, 11) is -1.17. The van der Waals surface area contributed by atoms with Crippen LogP contribution in [-0.2, 0) is 23.6 Å². The Bertz CT molecular complexity index is 702. The van der Waals surface area contributed by atoms with Gasteiger partial charge in [-0.3, -0.25) is 0 Å². The van der Waals surface area contributed by atoms with Gasteiger partial charge < -0.3 is 4.57 Å². The Morgan fingerprint density at radius 3 is 2.63 bits per heavy atom. The second-order valence-corrected chi connectivity index (χ2v) is 6.93. The molecule has 1 N–H and O–H groups in total. The fraction of sp³-hybridized carbons (Fsp3) is 0.462. The van der Waals surface area contributed by atoms with Gasteiger partial charge in [-0.25, -0.2) is 18.1 Å². The minimum Gasteiger partial charge on any atom is -0.331 e. The molecule has 1 aromatic carbocycles. The van der Waals surface area contributed by atoms with Crippen molar-refractivity contribution in [1.82, 2.24) is 14.3 Å². The minimum absolute atomic E-state index is 0.294. The summed E-state index contributed by atoms with van der Waals surface area (Å²) in [6, 6.07) is 5.83. The first-order valence-electron chi connectivity index (χ1n) is 6.18. The molecule has 0 aliphatic carbocycles. The fourth-order valence-electron chi connectivity index (χ4n) is 2.10. The average Bonchev–Trinajstić information content (AvgIpc) is 2.63. The zero-order chi connectivity index (χ0) is 14.2. The number of nitrogens with zero attached hydrogens (tertiary/aromatic N) is 2. The average molecular weight is 281 g/mol. The molecule has 19 heavy (non-hydrogen) atoms. The van der Waals surface area contributed by atoms with Crippen molar-refractivity contribution in [3.8, 4) is 0 Å². The van der Waals surface area contributed by atoms with Gasteiger partial charge in [-0.15, -0.1) is 0 Å². The monoisotopic (exact) mass is 281 g/mol. The number of fused-ring (bicyclic) bond motifs is 1. The number of aromatic nitrogens is 2. The molecule has 0 amide bonds. The highest BCUT2D eigenvalue weighted by molar-refractivity contribution is 7.88. The van der Waals surface area contributed by atoms with Crippen LogP contribution in [0.5, 0.6) is 0 Å². The molecule has 1 heterocycles. The van der Waals surface area contributed by atoms with Gasteiger partial charge in [0.2, 0.25) is 10.0 Å². The number of nitrogens with one attached hydrogen (secondary N) is 1. The lowest BCUT2D eigenvalue weighted by Gasteiger charge is -2.05. The maximum atomic E-state index is 11.1. The van der Waals surface area contributed by atoms with E-state index in [1.54, 1.807) is 0 Å². The molecular formula is C13H19N3O2S. The lowest BCUT2D eigenvalue weighted by atomic mass is 10.2. The van der Waals surface area contributed by atoms with Gasteiger partial charge in [0.05, 0.1) is 17.3 Å². The molecule has 0 saturated carbocycles. The molecule has 0 aliphatic rings. The minimum atomic E-state index is -3.17. The Balaban J connectivity index is 2.36. The van der Waals surface area contributed by atoms with E-state index >= 15 is 0 Å². The Kier molecular flexibility index (Phi) is 3.64. The first kappa shape index (κ1) is 14.0. The summed E-state index contributed by atoms with van der Waals surface area (Å²) in [5.74, 6) is 1.39. The van der Waals surface area contributed by atoms with E-state index in [9.17, 15) is 8.42 Å². The van der Waals surface area contributed by atoms with E-state index in [0.717, 1.165) is 28.7 Å². The molecule has 0 bridgehead atoms. The van der Waals surface area contributed by atoms with E-state index < -0.39 is 10.0 Å². The molecule has 6 heteroatoms. The van der Waals surface area contributed by atoms with Gasteiger partial charge in [-0.05, 0) is 17.7 Å². The van der Waals surface area contributed by atoms with E-state index in [1.807, 2.05) is 25.2 Å². The third-order valence-corrected chi connectivity index (χ3v) is 3.70. The first-order valence-corrected chi connectivity index (χ1v) is 8.07. The highest BCUT2D eigenvalue weighted by Gasteiger charge is 2.11. The fourth-order valence-corrected chi connectivity index (χ4v) is 2.53. The van der Waals surface area contributed by atoms with Crippen LogP contribution in [0.3, 0.4) is 0 Å². The highest BCUT2D eigenvalue weighted by Crippen LogP contribution is 2.21. The Morgan fingerprint density at radius 1 is 1.37 bits per heavy atom. The van der Waals surface area contributed by atoms with Crippen LogP contribution < -0.4 is 4.72 Å². The Labute approximate surface area is 113 Å². The second-order valence-electron chi connectivity index (χ2n) is 5.10. The smallest absolute Gasteiger partial charge is 0.209 e. The van der Waals surface area contributed by atoms with Gasteiger partial charge in [-0.1, -0.05) is 19.9 Å². The molecular weight excluding hydrogens is 262 g/mol. The standard InChI is InChI=1S/C13H19N3O2S/c1-9(2)13-15-11-7-10(8-14-19(4,17)18)5-6-12(11)16(13)3/h5-7,9,14H,8H2,1-4H3. The van der Waals surface area contributed by atoms with Crippen LogP contribution in [0.15, 0.2) is 18.2 Å². The van der Waals surface area contributed by atoms with Crippen LogP contribution in [0, 0.1) is 0 Å². The topological polar surface area (TPSA) is 64.0 Å². The van der Waals surface area contributed by atoms with Crippen LogP contribution in [0.25, 0.3) is 11.0 Å². The molecule has 5 nitrogen and oxygen atoms in total. The van der Waals surface area contributed by atoms with Crippen molar-refractivity contribution in [2.24, 2.45) is 7.05 Å². The summed E-state index contributed by atoms with van der Waals surface area (Å²) in [6.07, 6.45) is 1.16. The molecule has 0 fully saturated rings. The number of imidazole rings is 1. The number of hydrogen-bond acceptors (Lipinski definition) is 3. The molecule has 0 radical (unpaired) electrons. The summed E-state index contributed by atoms with van der Waals surface area (Å²) in [4.78, 5) is 4.60.